The molecule has 19 heavy (non-hydrogen) atoms. The van der Waals surface area contributed by atoms with Gasteiger partial charge in [0, 0.05) is 11.1 Å². The van der Waals surface area contributed by atoms with Crippen molar-refractivity contribution in [3.05, 3.63) is 68.7 Å². The average Bonchev–Trinajstić information content (AvgIpc) is 2.42. The average molecular weight is 292 g/mol. The van der Waals surface area contributed by atoms with Gasteiger partial charge in [-0.15, -0.1) is 0 Å². The van der Waals surface area contributed by atoms with E-state index in [0.29, 0.717) is 5.56 Å². The minimum absolute atomic E-state index is 0.0769. The molecule has 2 aromatic carbocycles. The van der Waals surface area contributed by atoms with Gasteiger partial charge in [-0.25, -0.2) is 0 Å². The Labute approximate surface area is 121 Å². The van der Waals surface area contributed by atoms with Crippen LogP contribution >= 0.6 is 23.2 Å². The maximum absolute atomic E-state index is 12.4. The van der Waals surface area contributed by atoms with Gasteiger partial charge < -0.3 is 0 Å². The molecule has 0 N–H and O–H groups in total. The standard InChI is InChI=1S/C15H9Cl2O2/c1-9-2-4-10(5-3-9)15(19)13-11(8-18)6-7-12(16)14(13)17/h2-7H,1H3. The Morgan fingerprint density at radius 2 is 1.68 bits per heavy atom. The molecule has 4 heteroatoms. The van der Waals surface area contributed by atoms with Gasteiger partial charge in [-0.1, -0.05) is 53.0 Å². The van der Waals surface area contributed by atoms with E-state index in [2.05, 4.69) is 0 Å². The van der Waals surface area contributed by atoms with Crippen molar-refractivity contribution in [3.8, 4) is 0 Å². The SMILES string of the molecule is Cc1ccc(C(=O)c2c([C]=O)ccc(Cl)c2Cl)cc1. The van der Waals surface area contributed by atoms with Crippen molar-refractivity contribution in [1.82, 2.24) is 0 Å². The summed E-state index contributed by atoms with van der Waals surface area (Å²) in [6.07, 6.45) is 1.71. The van der Waals surface area contributed by atoms with Gasteiger partial charge in [-0.2, -0.15) is 0 Å². The first-order chi connectivity index (χ1) is 9.04. The molecular formula is C15H9Cl2O2. The summed E-state index contributed by atoms with van der Waals surface area (Å²) < 4.78 is 0. The fourth-order valence-corrected chi connectivity index (χ4v) is 2.12. The predicted octanol–water partition coefficient (Wildman–Crippen LogP) is 3.99. The lowest BCUT2D eigenvalue weighted by Crippen LogP contribution is -2.06. The number of carbonyl (C=O) groups is 1. The molecule has 0 spiro atoms. The Morgan fingerprint density at radius 3 is 2.26 bits per heavy atom. The highest BCUT2D eigenvalue weighted by atomic mass is 35.5. The predicted molar refractivity (Wildman–Crippen MR) is 75.9 cm³/mol. The molecule has 0 aromatic heterocycles. The first-order valence-electron chi connectivity index (χ1n) is 5.52. The third-order valence-corrected chi connectivity index (χ3v) is 3.55. The molecule has 0 fully saturated rings. The monoisotopic (exact) mass is 291 g/mol. The third kappa shape index (κ3) is 2.70. The molecule has 0 aliphatic rings. The maximum atomic E-state index is 12.4. The van der Waals surface area contributed by atoms with E-state index in [-0.39, 0.29) is 27.0 Å². The van der Waals surface area contributed by atoms with Crippen molar-refractivity contribution < 1.29 is 9.59 Å². The minimum atomic E-state index is -0.342. The molecule has 2 rings (SSSR count). The van der Waals surface area contributed by atoms with Crippen LogP contribution in [0.2, 0.25) is 10.0 Å². The Balaban J connectivity index is 2.58. The quantitative estimate of drug-likeness (QED) is 0.801. The van der Waals surface area contributed by atoms with E-state index in [1.807, 2.05) is 19.1 Å². The number of halogens is 2. The van der Waals surface area contributed by atoms with Crippen LogP contribution in [0.1, 0.15) is 27.0 Å². The molecule has 0 unspecified atom stereocenters. The second-order valence-electron chi connectivity index (χ2n) is 4.08. The zero-order valence-corrected chi connectivity index (χ0v) is 11.5. The van der Waals surface area contributed by atoms with Gasteiger partial charge in [0.05, 0.1) is 15.6 Å². The molecule has 2 aromatic rings. The highest BCUT2D eigenvalue weighted by Crippen LogP contribution is 2.29. The number of benzene rings is 2. The molecule has 0 aliphatic carbocycles. The molecule has 0 heterocycles. The van der Waals surface area contributed by atoms with Gasteiger partial charge in [0.25, 0.3) is 0 Å². The summed E-state index contributed by atoms with van der Waals surface area (Å²) >= 11 is 11.9. The Bertz CT molecular complexity index is 646. The zero-order chi connectivity index (χ0) is 14.0. The van der Waals surface area contributed by atoms with Crippen LogP contribution in [-0.2, 0) is 4.79 Å². The highest BCUT2D eigenvalue weighted by Gasteiger charge is 2.19. The van der Waals surface area contributed by atoms with Crippen molar-refractivity contribution in [3.63, 3.8) is 0 Å². The van der Waals surface area contributed by atoms with Crippen LogP contribution in [0.4, 0.5) is 0 Å². The van der Waals surface area contributed by atoms with Crippen LogP contribution in [0.15, 0.2) is 36.4 Å². The van der Waals surface area contributed by atoms with E-state index < -0.39 is 0 Å². The number of hydrogen-bond donors (Lipinski definition) is 0. The number of rotatable bonds is 3. The van der Waals surface area contributed by atoms with Crippen LogP contribution in [0.5, 0.6) is 0 Å². The lowest BCUT2D eigenvalue weighted by Gasteiger charge is -2.08. The molecule has 0 saturated carbocycles. The van der Waals surface area contributed by atoms with Crippen LogP contribution in [0, 0.1) is 6.92 Å². The van der Waals surface area contributed by atoms with Crippen molar-refractivity contribution in [2.45, 2.75) is 6.92 Å². The van der Waals surface area contributed by atoms with Gasteiger partial charge in [0.15, 0.2) is 5.78 Å². The molecule has 0 amide bonds. The minimum Gasteiger partial charge on any atom is -0.289 e. The van der Waals surface area contributed by atoms with Crippen molar-refractivity contribution in [2.75, 3.05) is 0 Å². The second-order valence-corrected chi connectivity index (χ2v) is 4.87. The molecule has 95 valence electrons. The van der Waals surface area contributed by atoms with Crippen LogP contribution in [-0.4, -0.2) is 12.1 Å². The van der Waals surface area contributed by atoms with Crippen LogP contribution in [0.3, 0.4) is 0 Å². The Kier molecular flexibility index (Phi) is 4.03. The Morgan fingerprint density at radius 1 is 1.05 bits per heavy atom. The molecule has 0 saturated heterocycles. The number of ketones is 1. The summed E-state index contributed by atoms with van der Waals surface area (Å²) in [5.74, 6) is -0.342. The van der Waals surface area contributed by atoms with E-state index in [1.165, 1.54) is 12.1 Å². The van der Waals surface area contributed by atoms with E-state index in [4.69, 9.17) is 23.2 Å². The summed E-state index contributed by atoms with van der Waals surface area (Å²) in [4.78, 5) is 23.3. The van der Waals surface area contributed by atoms with Crippen molar-refractivity contribution >= 4 is 35.3 Å². The van der Waals surface area contributed by atoms with Gasteiger partial charge >= 0.3 is 0 Å². The molecule has 0 atom stereocenters. The van der Waals surface area contributed by atoms with Gasteiger partial charge in [0.1, 0.15) is 0 Å². The summed E-state index contributed by atoms with van der Waals surface area (Å²) in [7, 11) is 0. The van der Waals surface area contributed by atoms with Crippen molar-refractivity contribution in [2.24, 2.45) is 0 Å². The lowest BCUT2D eigenvalue weighted by molar-refractivity contribution is 0.103. The van der Waals surface area contributed by atoms with Gasteiger partial charge in [-0.05, 0) is 19.1 Å². The van der Waals surface area contributed by atoms with Gasteiger partial charge in [0.2, 0.25) is 6.29 Å². The number of carbonyl (C=O) groups excluding carboxylic acids is 2. The van der Waals surface area contributed by atoms with E-state index >= 15 is 0 Å². The van der Waals surface area contributed by atoms with Crippen LogP contribution < -0.4 is 0 Å². The van der Waals surface area contributed by atoms with E-state index in [9.17, 15) is 9.59 Å². The lowest BCUT2D eigenvalue weighted by atomic mass is 9.98. The Hall–Kier alpha value is -1.64. The first kappa shape index (κ1) is 13.8. The summed E-state index contributed by atoms with van der Waals surface area (Å²) in [6.45, 7) is 1.92. The normalized spacial score (nSPS) is 10.3. The first-order valence-corrected chi connectivity index (χ1v) is 6.27. The van der Waals surface area contributed by atoms with Crippen molar-refractivity contribution in [1.29, 1.82) is 0 Å². The molecule has 2 nitrogen and oxygen atoms in total. The van der Waals surface area contributed by atoms with E-state index in [1.54, 1.807) is 18.4 Å². The summed E-state index contributed by atoms with van der Waals surface area (Å²) in [6, 6.07) is 9.90. The summed E-state index contributed by atoms with van der Waals surface area (Å²) in [5, 5.41) is 0.309. The second kappa shape index (κ2) is 5.55. The smallest absolute Gasteiger partial charge is 0.234 e. The number of aryl methyl sites for hydroxylation is 1. The fourth-order valence-electron chi connectivity index (χ4n) is 1.71. The van der Waals surface area contributed by atoms with Gasteiger partial charge in [-0.3, -0.25) is 9.59 Å². The molecule has 0 aliphatic heterocycles. The molecule has 1 radical (unpaired) electrons. The fraction of sp³-hybridized carbons (Fsp3) is 0.0667. The number of hydrogen-bond acceptors (Lipinski definition) is 2. The largest absolute Gasteiger partial charge is 0.289 e. The maximum Gasteiger partial charge on any atom is 0.234 e. The topological polar surface area (TPSA) is 34.1 Å². The zero-order valence-electron chi connectivity index (χ0n) is 10.0. The third-order valence-electron chi connectivity index (χ3n) is 2.75. The molecule has 0 bridgehead atoms. The highest BCUT2D eigenvalue weighted by molar-refractivity contribution is 6.44. The van der Waals surface area contributed by atoms with Crippen LogP contribution in [0.25, 0.3) is 0 Å². The van der Waals surface area contributed by atoms with E-state index in [0.717, 1.165) is 5.56 Å². The summed E-state index contributed by atoms with van der Waals surface area (Å²) in [5.41, 5.74) is 1.69. The molecular weight excluding hydrogens is 283 g/mol.